The zero-order chi connectivity index (χ0) is 19.4. The van der Waals surface area contributed by atoms with E-state index in [1.807, 2.05) is 61.5 Å². The maximum Gasteiger partial charge on any atom is 0.331 e. The Hall–Kier alpha value is -3.61. The topological polar surface area (TPSA) is 99.5 Å². The fraction of sp³-hybridized carbons (Fsp3) is 0.150. The zero-order valence-electron chi connectivity index (χ0n) is 15.1. The predicted molar refractivity (Wildman–Crippen MR) is 106 cm³/mol. The molecule has 0 saturated heterocycles. The number of rotatable bonds is 5. The van der Waals surface area contributed by atoms with Crippen LogP contribution < -0.4 is 16.7 Å². The second kappa shape index (κ2) is 7.74. The zero-order valence-corrected chi connectivity index (χ0v) is 15.1. The van der Waals surface area contributed by atoms with Crippen molar-refractivity contribution in [3.63, 3.8) is 0 Å². The molecule has 0 aliphatic heterocycles. The summed E-state index contributed by atoms with van der Waals surface area (Å²) >= 11 is 0. The van der Waals surface area contributed by atoms with E-state index >= 15 is 0 Å². The molecule has 0 atom stereocenters. The summed E-state index contributed by atoms with van der Waals surface area (Å²) in [5.74, 6) is -0.416. The Morgan fingerprint density at radius 2 is 1.78 bits per heavy atom. The number of anilines is 1. The fourth-order valence-corrected chi connectivity index (χ4v) is 2.70. The van der Waals surface area contributed by atoms with Gasteiger partial charge in [-0.05, 0) is 31.0 Å². The van der Waals surface area contributed by atoms with Crippen molar-refractivity contribution in [2.45, 2.75) is 20.4 Å². The third-order valence-corrected chi connectivity index (χ3v) is 4.21. The van der Waals surface area contributed by atoms with Crippen molar-refractivity contribution in [1.82, 2.24) is 9.55 Å². The predicted octanol–water partition coefficient (Wildman–Crippen LogP) is 2.44. The first-order chi connectivity index (χ1) is 13.0. The van der Waals surface area contributed by atoms with E-state index in [1.165, 1.54) is 0 Å². The lowest BCUT2D eigenvalue weighted by Gasteiger charge is -2.12. The molecule has 1 heterocycles. The number of benzene rings is 2. The lowest BCUT2D eigenvalue weighted by molar-refractivity contribution is 0.408. The molecule has 3 aromatic rings. The molecule has 7 nitrogen and oxygen atoms in total. The number of nitrogens with zero attached hydrogens (tertiary/aromatic N) is 2. The molecule has 0 aliphatic carbocycles. The van der Waals surface area contributed by atoms with E-state index in [2.05, 4.69) is 15.5 Å². The Bertz CT molecular complexity index is 1100. The van der Waals surface area contributed by atoms with Gasteiger partial charge in [-0.1, -0.05) is 48.5 Å². The fourth-order valence-electron chi connectivity index (χ4n) is 2.70. The Morgan fingerprint density at radius 1 is 1.11 bits per heavy atom. The van der Waals surface area contributed by atoms with Crippen molar-refractivity contribution in [3.8, 4) is 5.88 Å². The first kappa shape index (κ1) is 18.2. The summed E-state index contributed by atoms with van der Waals surface area (Å²) < 4.78 is 1.11. The molecule has 27 heavy (non-hydrogen) atoms. The van der Waals surface area contributed by atoms with Gasteiger partial charge < -0.3 is 5.11 Å². The molecule has 0 unspecified atom stereocenters. The number of hydrogen-bond donors (Lipinski definition) is 3. The molecule has 0 spiro atoms. The Labute approximate surface area is 155 Å². The van der Waals surface area contributed by atoms with Crippen LogP contribution in [0.2, 0.25) is 0 Å². The minimum Gasteiger partial charge on any atom is -0.494 e. The van der Waals surface area contributed by atoms with E-state index in [4.69, 9.17) is 0 Å². The standard InChI is InChI=1S/C20H20N4O3/c1-13-8-6-7-11-16(13)23-22-14(2)17-18(25)21-20(27)24(19(17)26)12-15-9-4-3-5-10-15/h3-11,23,26H,12H2,1-2H3,(H,21,25,27)/b22-14+. The molecule has 3 N–H and O–H groups in total. The maximum absolute atomic E-state index is 12.2. The first-order valence-corrected chi connectivity index (χ1v) is 8.43. The van der Waals surface area contributed by atoms with Crippen LogP contribution in [0.1, 0.15) is 23.6 Å². The van der Waals surface area contributed by atoms with Gasteiger partial charge in [-0.3, -0.25) is 19.8 Å². The van der Waals surface area contributed by atoms with Gasteiger partial charge in [-0.2, -0.15) is 5.10 Å². The van der Waals surface area contributed by atoms with Crippen molar-refractivity contribution >= 4 is 11.4 Å². The van der Waals surface area contributed by atoms with Crippen LogP contribution in [0.3, 0.4) is 0 Å². The number of nitrogens with one attached hydrogen (secondary N) is 2. The van der Waals surface area contributed by atoms with Gasteiger partial charge in [0, 0.05) is 0 Å². The van der Waals surface area contributed by atoms with Gasteiger partial charge in [-0.15, -0.1) is 0 Å². The number of aromatic hydroxyl groups is 1. The molecule has 0 saturated carbocycles. The third kappa shape index (κ3) is 3.98. The lowest BCUT2D eigenvalue weighted by Crippen LogP contribution is -2.34. The Balaban J connectivity index is 1.98. The largest absolute Gasteiger partial charge is 0.494 e. The monoisotopic (exact) mass is 364 g/mol. The number of hydrogen-bond acceptors (Lipinski definition) is 5. The van der Waals surface area contributed by atoms with Crippen LogP contribution in [-0.4, -0.2) is 20.4 Å². The summed E-state index contributed by atoms with van der Waals surface area (Å²) in [6.45, 7) is 3.65. The SMILES string of the molecule is C/C(=N\Nc1ccccc1C)c1c(O)n(Cc2ccccc2)c(=O)[nH]c1=O. The number of aromatic amines is 1. The van der Waals surface area contributed by atoms with Crippen molar-refractivity contribution in [3.05, 3.63) is 92.1 Å². The molecule has 0 radical (unpaired) electrons. The molecule has 2 aromatic carbocycles. The highest BCUT2D eigenvalue weighted by molar-refractivity contribution is 6.00. The average molecular weight is 364 g/mol. The summed E-state index contributed by atoms with van der Waals surface area (Å²) in [7, 11) is 0. The molecular formula is C20H20N4O3. The summed E-state index contributed by atoms with van der Waals surface area (Å²) in [5, 5.41) is 14.8. The van der Waals surface area contributed by atoms with E-state index < -0.39 is 17.1 Å². The normalized spacial score (nSPS) is 11.4. The molecule has 0 aliphatic rings. The molecule has 0 amide bonds. The summed E-state index contributed by atoms with van der Waals surface area (Å²) in [4.78, 5) is 26.6. The Morgan fingerprint density at radius 3 is 2.48 bits per heavy atom. The molecule has 1 aromatic heterocycles. The van der Waals surface area contributed by atoms with Crippen LogP contribution >= 0.6 is 0 Å². The van der Waals surface area contributed by atoms with Gasteiger partial charge in [0.25, 0.3) is 5.56 Å². The highest BCUT2D eigenvalue weighted by Gasteiger charge is 2.17. The van der Waals surface area contributed by atoms with Crippen LogP contribution in [0.15, 0.2) is 69.3 Å². The van der Waals surface area contributed by atoms with Gasteiger partial charge in [-0.25, -0.2) is 4.79 Å². The second-order valence-corrected chi connectivity index (χ2v) is 6.15. The average Bonchev–Trinajstić information content (AvgIpc) is 2.65. The summed E-state index contributed by atoms with van der Waals surface area (Å²) in [5.41, 5.74) is 4.33. The van der Waals surface area contributed by atoms with Gasteiger partial charge in [0.2, 0.25) is 5.88 Å². The minimum absolute atomic E-state index is 0.0494. The number of para-hydroxylation sites is 1. The quantitative estimate of drug-likeness (QED) is 0.478. The molecular weight excluding hydrogens is 344 g/mol. The first-order valence-electron chi connectivity index (χ1n) is 8.43. The van der Waals surface area contributed by atoms with E-state index in [1.54, 1.807) is 6.92 Å². The molecule has 0 bridgehead atoms. The van der Waals surface area contributed by atoms with Gasteiger partial charge in [0.1, 0.15) is 5.56 Å². The van der Waals surface area contributed by atoms with Crippen molar-refractivity contribution < 1.29 is 5.11 Å². The number of aryl methyl sites for hydroxylation is 1. The van der Waals surface area contributed by atoms with Crippen LogP contribution in [0.4, 0.5) is 5.69 Å². The number of aromatic nitrogens is 2. The molecule has 3 rings (SSSR count). The molecule has 7 heteroatoms. The highest BCUT2D eigenvalue weighted by atomic mass is 16.3. The second-order valence-electron chi connectivity index (χ2n) is 6.15. The van der Waals surface area contributed by atoms with Crippen LogP contribution in [-0.2, 0) is 6.54 Å². The number of H-pyrrole nitrogens is 1. The smallest absolute Gasteiger partial charge is 0.331 e. The van der Waals surface area contributed by atoms with Crippen LogP contribution in [0, 0.1) is 6.92 Å². The van der Waals surface area contributed by atoms with Crippen molar-refractivity contribution in [2.75, 3.05) is 5.43 Å². The third-order valence-electron chi connectivity index (χ3n) is 4.21. The van der Waals surface area contributed by atoms with E-state index in [9.17, 15) is 14.7 Å². The Kier molecular flexibility index (Phi) is 5.21. The molecule has 0 fully saturated rings. The minimum atomic E-state index is -0.686. The van der Waals surface area contributed by atoms with Crippen molar-refractivity contribution in [2.24, 2.45) is 5.10 Å². The maximum atomic E-state index is 12.2. The van der Waals surface area contributed by atoms with Gasteiger partial charge >= 0.3 is 5.69 Å². The summed E-state index contributed by atoms with van der Waals surface area (Å²) in [6.07, 6.45) is 0. The van der Waals surface area contributed by atoms with E-state index in [0.29, 0.717) is 0 Å². The highest BCUT2D eigenvalue weighted by Crippen LogP contribution is 2.16. The molecule has 138 valence electrons. The summed E-state index contributed by atoms with van der Waals surface area (Å²) in [6, 6.07) is 16.8. The lowest BCUT2D eigenvalue weighted by atomic mass is 10.2. The number of hydrazone groups is 1. The van der Waals surface area contributed by atoms with E-state index in [0.717, 1.165) is 21.4 Å². The van der Waals surface area contributed by atoms with E-state index in [-0.39, 0.29) is 17.8 Å². The van der Waals surface area contributed by atoms with Gasteiger partial charge in [0.05, 0.1) is 17.9 Å². The van der Waals surface area contributed by atoms with Crippen LogP contribution in [0.5, 0.6) is 5.88 Å². The van der Waals surface area contributed by atoms with Crippen LogP contribution in [0.25, 0.3) is 0 Å². The van der Waals surface area contributed by atoms with Gasteiger partial charge in [0.15, 0.2) is 0 Å². The van der Waals surface area contributed by atoms with Crippen molar-refractivity contribution in [1.29, 1.82) is 0 Å².